The molecule has 1 aromatic carbocycles. The summed E-state index contributed by atoms with van der Waals surface area (Å²) in [6.07, 6.45) is 0.643. The molecule has 0 saturated carbocycles. The lowest BCUT2D eigenvalue weighted by Crippen LogP contribution is -2.36. The van der Waals surface area contributed by atoms with E-state index in [2.05, 4.69) is 10.6 Å². The molecule has 0 spiro atoms. The smallest absolute Gasteiger partial charge is 0.313 e. The first-order chi connectivity index (χ1) is 8.54. The minimum Gasteiger partial charge on any atom is -0.348 e. The second-order valence-electron chi connectivity index (χ2n) is 4.07. The zero-order valence-corrected chi connectivity index (χ0v) is 11.3. The van der Waals surface area contributed by atoms with Crippen molar-refractivity contribution in [2.45, 2.75) is 20.3 Å². The van der Waals surface area contributed by atoms with Gasteiger partial charge >= 0.3 is 11.8 Å². The summed E-state index contributed by atoms with van der Waals surface area (Å²) in [6, 6.07) is 5.68. The summed E-state index contributed by atoms with van der Waals surface area (Å²) < 4.78 is 0. The van der Waals surface area contributed by atoms with Gasteiger partial charge in [0.1, 0.15) is 0 Å². The minimum absolute atomic E-state index is 0.405. The summed E-state index contributed by atoms with van der Waals surface area (Å²) in [5.41, 5.74) is 2.61. The second-order valence-corrected chi connectivity index (χ2v) is 4.45. The van der Waals surface area contributed by atoms with Gasteiger partial charge in [-0.15, -0.1) is 11.6 Å². The number of alkyl halides is 1. The van der Waals surface area contributed by atoms with Gasteiger partial charge in [-0.25, -0.2) is 0 Å². The molecule has 98 valence electrons. The molecule has 0 saturated heterocycles. The van der Waals surface area contributed by atoms with Crippen LogP contribution in [-0.4, -0.2) is 24.2 Å². The molecule has 0 aliphatic carbocycles. The van der Waals surface area contributed by atoms with Crippen LogP contribution in [0.15, 0.2) is 18.2 Å². The lowest BCUT2D eigenvalue weighted by atomic mass is 10.1. The third kappa shape index (κ3) is 4.37. The van der Waals surface area contributed by atoms with Crippen LogP contribution >= 0.6 is 11.6 Å². The lowest BCUT2D eigenvalue weighted by molar-refractivity contribution is -0.136. The Bertz CT molecular complexity index is 447. The summed E-state index contributed by atoms with van der Waals surface area (Å²) in [4.78, 5) is 23.1. The fraction of sp³-hybridized carbons (Fsp3) is 0.385. The Morgan fingerprint density at radius 2 is 1.94 bits per heavy atom. The summed E-state index contributed by atoms with van der Waals surface area (Å²) in [5.74, 6) is -0.835. The molecule has 1 aromatic rings. The third-order valence-corrected chi connectivity index (χ3v) is 2.71. The molecule has 0 heterocycles. The molecule has 0 aliphatic heterocycles. The molecular formula is C13H17ClN2O2. The monoisotopic (exact) mass is 268 g/mol. The van der Waals surface area contributed by atoms with E-state index in [9.17, 15) is 9.59 Å². The van der Waals surface area contributed by atoms with Crippen molar-refractivity contribution in [1.82, 2.24) is 5.32 Å². The van der Waals surface area contributed by atoms with E-state index < -0.39 is 11.8 Å². The molecule has 0 unspecified atom stereocenters. The maximum atomic E-state index is 11.6. The summed E-state index contributed by atoms with van der Waals surface area (Å²) in [5, 5.41) is 5.10. The number of amides is 2. The van der Waals surface area contributed by atoms with E-state index in [4.69, 9.17) is 11.6 Å². The Morgan fingerprint density at radius 3 is 2.61 bits per heavy atom. The zero-order chi connectivity index (χ0) is 13.5. The van der Waals surface area contributed by atoms with Gasteiger partial charge in [0.25, 0.3) is 0 Å². The van der Waals surface area contributed by atoms with E-state index in [1.165, 1.54) is 0 Å². The Hall–Kier alpha value is -1.55. The predicted molar refractivity (Wildman–Crippen MR) is 72.9 cm³/mol. The van der Waals surface area contributed by atoms with Gasteiger partial charge in [0.2, 0.25) is 0 Å². The van der Waals surface area contributed by atoms with E-state index in [0.717, 1.165) is 11.1 Å². The number of anilines is 1. The van der Waals surface area contributed by atoms with Crippen molar-refractivity contribution >= 4 is 29.1 Å². The molecule has 0 aromatic heterocycles. The molecular weight excluding hydrogens is 252 g/mol. The first kappa shape index (κ1) is 14.5. The normalized spacial score (nSPS) is 9.94. The van der Waals surface area contributed by atoms with Crippen LogP contribution in [0.1, 0.15) is 17.5 Å². The lowest BCUT2D eigenvalue weighted by Gasteiger charge is -2.09. The van der Waals surface area contributed by atoms with Crippen molar-refractivity contribution in [2.24, 2.45) is 0 Å². The zero-order valence-electron chi connectivity index (χ0n) is 10.5. The predicted octanol–water partition coefficient (Wildman–Crippen LogP) is 1.99. The first-order valence-electron chi connectivity index (χ1n) is 5.77. The summed E-state index contributed by atoms with van der Waals surface area (Å²) in [6.45, 7) is 4.21. The molecule has 2 N–H and O–H groups in total. The Morgan fingerprint density at radius 1 is 1.22 bits per heavy atom. The van der Waals surface area contributed by atoms with Crippen LogP contribution in [0.5, 0.6) is 0 Å². The van der Waals surface area contributed by atoms with Crippen molar-refractivity contribution in [3.63, 3.8) is 0 Å². The summed E-state index contributed by atoms with van der Waals surface area (Å²) in [7, 11) is 0. The average molecular weight is 269 g/mol. The maximum absolute atomic E-state index is 11.6. The fourth-order valence-corrected chi connectivity index (χ4v) is 1.53. The summed E-state index contributed by atoms with van der Waals surface area (Å²) >= 11 is 5.48. The van der Waals surface area contributed by atoms with Crippen LogP contribution < -0.4 is 10.6 Å². The van der Waals surface area contributed by atoms with Crippen LogP contribution in [0.2, 0.25) is 0 Å². The van der Waals surface area contributed by atoms with Gasteiger partial charge in [-0.05, 0) is 37.5 Å². The van der Waals surface area contributed by atoms with E-state index in [1.54, 1.807) is 0 Å². The number of carbonyl (C=O) groups is 2. The Balaban J connectivity index is 2.58. The van der Waals surface area contributed by atoms with Gasteiger partial charge in [0.05, 0.1) is 0 Å². The van der Waals surface area contributed by atoms with E-state index in [1.807, 2.05) is 32.0 Å². The molecule has 0 bridgehead atoms. The molecule has 0 aliphatic rings. The first-order valence-corrected chi connectivity index (χ1v) is 6.30. The molecule has 0 atom stereocenters. The van der Waals surface area contributed by atoms with Crippen LogP contribution in [0.25, 0.3) is 0 Å². The van der Waals surface area contributed by atoms with E-state index in [0.29, 0.717) is 24.5 Å². The molecule has 0 radical (unpaired) electrons. The standard InChI is InChI=1S/C13H17ClN2O2/c1-9-4-5-10(2)11(8-9)16-13(18)12(17)15-7-3-6-14/h4-5,8H,3,6-7H2,1-2H3,(H,15,17)(H,16,18). The largest absolute Gasteiger partial charge is 0.348 e. The SMILES string of the molecule is Cc1ccc(C)c(NC(=O)C(=O)NCCCCl)c1. The minimum atomic E-state index is -0.654. The van der Waals surface area contributed by atoms with Crippen molar-refractivity contribution in [2.75, 3.05) is 17.7 Å². The molecule has 18 heavy (non-hydrogen) atoms. The van der Waals surface area contributed by atoms with Gasteiger partial charge in [-0.1, -0.05) is 12.1 Å². The molecule has 1 rings (SSSR count). The average Bonchev–Trinajstić information content (AvgIpc) is 2.34. The molecule has 0 fully saturated rings. The number of rotatable bonds is 4. The highest BCUT2D eigenvalue weighted by molar-refractivity contribution is 6.39. The van der Waals surface area contributed by atoms with Crippen molar-refractivity contribution < 1.29 is 9.59 Å². The van der Waals surface area contributed by atoms with Crippen molar-refractivity contribution in [3.8, 4) is 0 Å². The Labute approximate surface area is 112 Å². The van der Waals surface area contributed by atoms with Gasteiger partial charge in [0.15, 0.2) is 0 Å². The number of halogens is 1. The van der Waals surface area contributed by atoms with E-state index >= 15 is 0 Å². The number of benzene rings is 1. The van der Waals surface area contributed by atoms with Crippen LogP contribution in [0.3, 0.4) is 0 Å². The van der Waals surface area contributed by atoms with Crippen molar-refractivity contribution in [1.29, 1.82) is 0 Å². The number of nitrogens with one attached hydrogen (secondary N) is 2. The quantitative estimate of drug-likeness (QED) is 0.498. The highest BCUT2D eigenvalue weighted by Gasteiger charge is 2.13. The molecule has 5 heteroatoms. The van der Waals surface area contributed by atoms with Gasteiger partial charge in [-0.2, -0.15) is 0 Å². The Kier molecular flexibility index (Phi) is 5.65. The number of hydrogen-bond donors (Lipinski definition) is 2. The highest BCUT2D eigenvalue weighted by atomic mass is 35.5. The number of aryl methyl sites for hydroxylation is 2. The van der Waals surface area contributed by atoms with Gasteiger partial charge in [-0.3, -0.25) is 9.59 Å². The topological polar surface area (TPSA) is 58.2 Å². The molecule has 4 nitrogen and oxygen atoms in total. The van der Waals surface area contributed by atoms with E-state index in [-0.39, 0.29) is 0 Å². The van der Waals surface area contributed by atoms with Crippen LogP contribution in [0.4, 0.5) is 5.69 Å². The van der Waals surface area contributed by atoms with Gasteiger partial charge in [0, 0.05) is 18.1 Å². The van der Waals surface area contributed by atoms with Crippen molar-refractivity contribution in [3.05, 3.63) is 29.3 Å². The molecule has 2 amide bonds. The van der Waals surface area contributed by atoms with Gasteiger partial charge < -0.3 is 10.6 Å². The van der Waals surface area contributed by atoms with Crippen LogP contribution in [-0.2, 0) is 9.59 Å². The highest BCUT2D eigenvalue weighted by Crippen LogP contribution is 2.15. The number of carbonyl (C=O) groups excluding carboxylic acids is 2. The van der Waals surface area contributed by atoms with Crippen LogP contribution in [0, 0.1) is 13.8 Å². The fourth-order valence-electron chi connectivity index (χ4n) is 1.40. The second kappa shape index (κ2) is 7.01. The number of hydrogen-bond acceptors (Lipinski definition) is 2. The third-order valence-electron chi connectivity index (χ3n) is 2.44. The maximum Gasteiger partial charge on any atom is 0.313 e.